The van der Waals surface area contributed by atoms with E-state index in [-0.39, 0.29) is 6.04 Å². The molecular weight excluding hydrogens is 326 g/mol. The Morgan fingerprint density at radius 3 is 2.20 bits per heavy atom. The number of rotatable bonds is 2. The Morgan fingerprint density at radius 2 is 1.64 bits per heavy atom. The van der Waals surface area contributed by atoms with Crippen LogP contribution in [-0.4, -0.2) is 21.8 Å². The standard InChI is InChI=1S/C18H16F2N4O/c19-10-4-6-15-12(8-10)13-9-11(20)5-7-16(13)24(15)17-3-1-2-14(18(17)25)22-23-21/h4-9,14,17-18,25H,1-3H2. The van der Waals surface area contributed by atoms with Gasteiger partial charge in [0.15, 0.2) is 0 Å². The number of nitrogens with zero attached hydrogens (tertiary/aromatic N) is 4. The molecule has 3 aromatic rings. The second-order valence-corrected chi connectivity index (χ2v) is 6.45. The Labute approximate surface area is 142 Å². The molecule has 1 aromatic heterocycles. The second kappa shape index (κ2) is 6.02. The van der Waals surface area contributed by atoms with E-state index in [0.717, 1.165) is 17.5 Å². The van der Waals surface area contributed by atoms with Crippen molar-refractivity contribution in [2.75, 3.05) is 0 Å². The maximum Gasteiger partial charge on any atom is 0.123 e. The molecule has 1 N–H and O–H groups in total. The van der Waals surface area contributed by atoms with Gasteiger partial charge in [-0.1, -0.05) is 11.5 Å². The average Bonchev–Trinajstić information content (AvgIpc) is 2.90. The lowest BCUT2D eigenvalue weighted by Gasteiger charge is -2.34. The first kappa shape index (κ1) is 15.9. The zero-order valence-electron chi connectivity index (χ0n) is 13.3. The molecule has 0 bridgehead atoms. The first-order valence-electron chi connectivity index (χ1n) is 8.21. The van der Waals surface area contributed by atoms with Gasteiger partial charge in [-0.2, -0.15) is 0 Å². The number of aliphatic hydroxyl groups excluding tert-OH is 1. The number of hydrogen-bond donors (Lipinski definition) is 1. The molecule has 0 radical (unpaired) electrons. The van der Waals surface area contributed by atoms with Crippen molar-refractivity contribution in [1.29, 1.82) is 0 Å². The van der Waals surface area contributed by atoms with Crippen LogP contribution in [0.2, 0.25) is 0 Å². The molecule has 0 amide bonds. The van der Waals surface area contributed by atoms with Gasteiger partial charge in [0, 0.05) is 26.7 Å². The van der Waals surface area contributed by atoms with E-state index in [1.807, 2.05) is 4.57 Å². The Kier molecular flexibility index (Phi) is 3.82. The lowest BCUT2D eigenvalue weighted by Crippen LogP contribution is -2.37. The van der Waals surface area contributed by atoms with Gasteiger partial charge in [-0.05, 0) is 54.8 Å². The number of benzene rings is 2. The third-order valence-electron chi connectivity index (χ3n) is 5.05. The highest BCUT2D eigenvalue weighted by Crippen LogP contribution is 2.39. The van der Waals surface area contributed by atoms with Crippen LogP contribution in [0, 0.1) is 11.6 Å². The first-order chi connectivity index (χ1) is 12.1. The van der Waals surface area contributed by atoms with E-state index in [1.165, 1.54) is 24.3 Å². The third kappa shape index (κ3) is 2.52. The third-order valence-corrected chi connectivity index (χ3v) is 5.05. The molecule has 25 heavy (non-hydrogen) atoms. The largest absolute Gasteiger partial charge is 0.391 e. The van der Waals surface area contributed by atoms with E-state index in [1.54, 1.807) is 12.1 Å². The van der Waals surface area contributed by atoms with E-state index < -0.39 is 23.8 Å². The highest BCUT2D eigenvalue weighted by molar-refractivity contribution is 6.08. The predicted molar refractivity (Wildman–Crippen MR) is 91.2 cm³/mol. The van der Waals surface area contributed by atoms with Gasteiger partial charge in [0.25, 0.3) is 0 Å². The van der Waals surface area contributed by atoms with Crippen LogP contribution >= 0.6 is 0 Å². The molecule has 0 spiro atoms. The van der Waals surface area contributed by atoms with Crippen molar-refractivity contribution in [2.45, 2.75) is 37.5 Å². The number of fused-ring (bicyclic) bond motifs is 3. The van der Waals surface area contributed by atoms with Gasteiger partial charge in [0.2, 0.25) is 0 Å². The zero-order valence-corrected chi connectivity index (χ0v) is 13.3. The molecule has 1 fully saturated rings. The van der Waals surface area contributed by atoms with Crippen molar-refractivity contribution in [1.82, 2.24) is 4.57 Å². The van der Waals surface area contributed by atoms with Gasteiger partial charge < -0.3 is 9.67 Å². The topological polar surface area (TPSA) is 73.9 Å². The molecule has 128 valence electrons. The summed E-state index contributed by atoms with van der Waals surface area (Å²) in [6.07, 6.45) is 1.28. The molecule has 5 nitrogen and oxygen atoms in total. The fourth-order valence-corrected chi connectivity index (χ4v) is 3.96. The number of azide groups is 1. The SMILES string of the molecule is [N-]=[N+]=NC1CCCC(n2c3ccc(F)cc3c3cc(F)ccc32)C1O. The van der Waals surface area contributed by atoms with Crippen LogP contribution in [0.15, 0.2) is 41.5 Å². The Bertz CT molecular complexity index is 950. The first-order valence-corrected chi connectivity index (χ1v) is 8.21. The van der Waals surface area contributed by atoms with Crippen molar-refractivity contribution in [2.24, 2.45) is 5.11 Å². The molecule has 0 aliphatic heterocycles. The molecule has 1 saturated carbocycles. The van der Waals surface area contributed by atoms with Crippen LogP contribution in [0.1, 0.15) is 25.3 Å². The minimum atomic E-state index is -0.849. The van der Waals surface area contributed by atoms with Crippen LogP contribution in [0.25, 0.3) is 32.2 Å². The van der Waals surface area contributed by atoms with Gasteiger partial charge in [-0.25, -0.2) is 8.78 Å². The average molecular weight is 342 g/mol. The Morgan fingerprint density at radius 1 is 1.04 bits per heavy atom. The van der Waals surface area contributed by atoms with Crippen molar-refractivity contribution >= 4 is 21.8 Å². The monoisotopic (exact) mass is 342 g/mol. The molecular formula is C18H16F2N4O. The maximum absolute atomic E-state index is 13.7. The van der Waals surface area contributed by atoms with Crippen LogP contribution in [-0.2, 0) is 0 Å². The highest BCUT2D eigenvalue weighted by atomic mass is 19.1. The van der Waals surface area contributed by atoms with Crippen molar-refractivity contribution in [3.8, 4) is 0 Å². The molecule has 7 heteroatoms. The van der Waals surface area contributed by atoms with E-state index in [2.05, 4.69) is 10.0 Å². The van der Waals surface area contributed by atoms with Crippen molar-refractivity contribution in [3.05, 3.63) is 58.5 Å². The smallest absolute Gasteiger partial charge is 0.123 e. The predicted octanol–water partition coefficient (Wildman–Crippen LogP) is 4.84. The van der Waals surface area contributed by atoms with E-state index >= 15 is 0 Å². The van der Waals surface area contributed by atoms with E-state index in [4.69, 9.17) is 5.53 Å². The summed E-state index contributed by atoms with van der Waals surface area (Å²) in [6, 6.07) is 7.94. The zero-order chi connectivity index (χ0) is 17.6. The summed E-state index contributed by atoms with van der Waals surface area (Å²) >= 11 is 0. The minimum Gasteiger partial charge on any atom is -0.391 e. The number of hydrogen-bond acceptors (Lipinski definition) is 2. The molecule has 0 saturated heterocycles. The van der Waals surface area contributed by atoms with Gasteiger partial charge in [0.05, 0.1) is 18.2 Å². The molecule has 4 rings (SSSR count). The maximum atomic E-state index is 13.7. The minimum absolute atomic E-state index is 0.319. The summed E-state index contributed by atoms with van der Waals surface area (Å²) in [6.45, 7) is 0. The quantitative estimate of drug-likeness (QED) is 0.404. The van der Waals surface area contributed by atoms with Gasteiger partial charge in [0.1, 0.15) is 11.6 Å². The van der Waals surface area contributed by atoms with Gasteiger partial charge in [-0.3, -0.25) is 0 Å². The van der Waals surface area contributed by atoms with Crippen molar-refractivity contribution < 1.29 is 13.9 Å². The summed E-state index contributed by atoms with van der Waals surface area (Å²) in [5, 5.41) is 15.6. The number of aliphatic hydroxyl groups is 1. The second-order valence-electron chi connectivity index (χ2n) is 6.45. The van der Waals surface area contributed by atoms with Gasteiger partial charge in [-0.15, -0.1) is 0 Å². The Hall–Kier alpha value is -2.63. The summed E-state index contributed by atoms with van der Waals surface area (Å²) in [4.78, 5) is 2.83. The van der Waals surface area contributed by atoms with Crippen LogP contribution in [0.3, 0.4) is 0 Å². The molecule has 2 aromatic carbocycles. The number of aromatic nitrogens is 1. The van der Waals surface area contributed by atoms with E-state index in [0.29, 0.717) is 23.6 Å². The van der Waals surface area contributed by atoms with Crippen LogP contribution in [0.5, 0.6) is 0 Å². The fraction of sp³-hybridized carbons (Fsp3) is 0.333. The summed E-state index contributed by atoms with van der Waals surface area (Å²) in [5.74, 6) is -0.793. The lowest BCUT2D eigenvalue weighted by molar-refractivity contribution is 0.0608. The fourth-order valence-electron chi connectivity index (χ4n) is 3.96. The summed E-state index contributed by atoms with van der Waals surface area (Å²) in [5.41, 5.74) is 10.2. The molecule has 3 atom stereocenters. The molecule has 1 aliphatic carbocycles. The normalized spacial score (nSPS) is 23.7. The molecule has 1 aliphatic rings. The van der Waals surface area contributed by atoms with Crippen molar-refractivity contribution in [3.63, 3.8) is 0 Å². The highest BCUT2D eigenvalue weighted by Gasteiger charge is 2.34. The molecule has 3 unspecified atom stereocenters. The van der Waals surface area contributed by atoms with E-state index in [9.17, 15) is 13.9 Å². The lowest BCUT2D eigenvalue weighted by atomic mass is 9.88. The Balaban J connectivity index is 1.98. The molecule has 1 heterocycles. The summed E-state index contributed by atoms with van der Waals surface area (Å²) < 4.78 is 29.4. The van der Waals surface area contributed by atoms with Crippen LogP contribution < -0.4 is 0 Å². The summed E-state index contributed by atoms with van der Waals surface area (Å²) in [7, 11) is 0. The van der Waals surface area contributed by atoms with Gasteiger partial charge >= 0.3 is 0 Å². The number of halogens is 2. The van der Waals surface area contributed by atoms with Crippen LogP contribution in [0.4, 0.5) is 8.78 Å².